The average molecular weight is 390 g/mol. The second-order valence-corrected chi connectivity index (χ2v) is 8.17. The largest absolute Gasteiger partial charge is 0.336 e. The lowest BCUT2D eigenvalue weighted by molar-refractivity contribution is 0.0629. The van der Waals surface area contributed by atoms with Crippen molar-refractivity contribution in [2.75, 3.05) is 26.2 Å². The van der Waals surface area contributed by atoms with E-state index in [2.05, 4.69) is 16.1 Å². The molecule has 0 aliphatic carbocycles. The highest BCUT2D eigenvalue weighted by Crippen LogP contribution is 2.23. The molecule has 0 saturated carbocycles. The first-order valence-corrected chi connectivity index (χ1v) is 9.72. The lowest BCUT2D eigenvalue weighted by atomic mass is 10.2. The number of carbonyl (C=O) groups excluding carboxylic acids is 1. The maximum Gasteiger partial charge on any atom is 0.259 e. The molecule has 1 amide bonds. The average Bonchev–Trinajstić information content (AvgIpc) is 3.36. The number of hydrogen-bond acceptors (Lipinski definition) is 4. The number of aryl methyl sites for hydroxylation is 1. The van der Waals surface area contributed by atoms with E-state index in [1.807, 2.05) is 47.1 Å². The molecule has 1 aliphatic rings. The minimum Gasteiger partial charge on any atom is -0.336 e. The van der Waals surface area contributed by atoms with Crippen molar-refractivity contribution in [1.82, 2.24) is 24.1 Å². The highest BCUT2D eigenvalue weighted by atomic mass is 35.5. The first-order valence-electron chi connectivity index (χ1n) is 8.53. The Morgan fingerprint density at radius 2 is 1.92 bits per heavy atom. The normalized spacial score (nSPS) is 15.5. The molecule has 4 heterocycles. The number of piperazine rings is 1. The first kappa shape index (κ1) is 17.3. The van der Waals surface area contributed by atoms with E-state index in [9.17, 15) is 4.79 Å². The molecular weight excluding hydrogens is 370 g/mol. The lowest BCUT2D eigenvalue weighted by Gasteiger charge is -2.34. The van der Waals surface area contributed by atoms with Crippen LogP contribution in [0, 0.1) is 0 Å². The van der Waals surface area contributed by atoms with Crippen molar-refractivity contribution < 1.29 is 4.79 Å². The van der Waals surface area contributed by atoms with Crippen molar-refractivity contribution in [2.24, 2.45) is 7.05 Å². The Balaban J connectivity index is 1.43. The highest BCUT2D eigenvalue weighted by Gasteiger charge is 2.26. The zero-order chi connectivity index (χ0) is 18.1. The summed E-state index contributed by atoms with van der Waals surface area (Å²) in [6.45, 7) is 4.05. The van der Waals surface area contributed by atoms with Crippen molar-refractivity contribution in [3.8, 4) is 5.82 Å². The number of thiophene rings is 1. The molecule has 136 valence electrons. The van der Waals surface area contributed by atoms with Gasteiger partial charge in [0.15, 0.2) is 0 Å². The molecule has 26 heavy (non-hydrogen) atoms. The molecule has 0 bridgehead atoms. The molecule has 0 spiro atoms. The van der Waals surface area contributed by atoms with Gasteiger partial charge in [0.25, 0.3) is 5.91 Å². The third-order valence-electron chi connectivity index (χ3n) is 4.65. The molecule has 1 aliphatic heterocycles. The SMILES string of the molecule is Cn1ncc(C(=O)N2CCN(Cc3ccc(Cl)s3)CC2)c1-n1cccc1. The molecule has 8 heteroatoms. The fourth-order valence-corrected chi connectivity index (χ4v) is 4.43. The van der Waals surface area contributed by atoms with Gasteiger partial charge in [-0.05, 0) is 24.3 Å². The van der Waals surface area contributed by atoms with Gasteiger partial charge in [0.1, 0.15) is 11.4 Å². The number of nitrogens with zero attached hydrogens (tertiary/aromatic N) is 5. The molecule has 4 rings (SSSR count). The number of halogens is 1. The zero-order valence-corrected chi connectivity index (χ0v) is 16.1. The topological polar surface area (TPSA) is 46.3 Å². The number of aromatic nitrogens is 3. The van der Waals surface area contributed by atoms with E-state index < -0.39 is 0 Å². The monoisotopic (exact) mass is 389 g/mol. The van der Waals surface area contributed by atoms with Crippen LogP contribution in [0.25, 0.3) is 5.82 Å². The van der Waals surface area contributed by atoms with E-state index in [0.717, 1.165) is 42.9 Å². The fourth-order valence-electron chi connectivity index (χ4n) is 3.30. The number of rotatable bonds is 4. The van der Waals surface area contributed by atoms with Crippen LogP contribution in [0.4, 0.5) is 0 Å². The van der Waals surface area contributed by atoms with E-state index in [1.165, 1.54) is 4.88 Å². The van der Waals surface area contributed by atoms with Crippen LogP contribution in [0.3, 0.4) is 0 Å². The number of carbonyl (C=O) groups is 1. The first-order chi connectivity index (χ1) is 12.6. The summed E-state index contributed by atoms with van der Waals surface area (Å²) in [5, 5.41) is 4.29. The molecule has 0 unspecified atom stereocenters. The third-order valence-corrected chi connectivity index (χ3v) is 5.87. The van der Waals surface area contributed by atoms with E-state index >= 15 is 0 Å². The van der Waals surface area contributed by atoms with E-state index in [0.29, 0.717) is 5.56 Å². The van der Waals surface area contributed by atoms with Gasteiger partial charge < -0.3 is 9.47 Å². The van der Waals surface area contributed by atoms with Crippen molar-refractivity contribution in [2.45, 2.75) is 6.54 Å². The van der Waals surface area contributed by atoms with Crippen LogP contribution in [0.5, 0.6) is 0 Å². The third kappa shape index (κ3) is 3.42. The Kier molecular flexibility index (Phi) is 4.84. The quantitative estimate of drug-likeness (QED) is 0.689. The molecule has 6 nitrogen and oxygen atoms in total. The minimum absolute atomic E-state index is 0.0422. The van der Waals surface area contributed by atoms with Gasteiger partial charge in [0, 0.05) is 57.0 Å². The molecular formula is C18H20ClN5OS. The Labute approximate surface area is 161 Å². The fraction of sp³-hybridized carbons (Fsp3) is 0.333. The van der Waals surface area contributed by atoms with Crippen LogP contribution in [0.2, 0.25) is 4.34 Å². The van der Waals surface area contributed by atoms with Gasteiger partial charge in [-0.25, -0.2) is 0 Å². The summed E-state index contributed by atoms with van der Waals surface area (Å²) < 4.78 is 4.49. The van der Waals surface area contributed by atoms with Gasteiger partial charge in [0.05, 0.1) is 10.5 Å². The van der Waals surface area contributed by atoms with E-state index in [1.54, 1.807) is 22.2 Å². The maximum absolute atomic E-state index is 13.0. The Bertz CT molecular complexity index is 893. The van der Waals surface area contributed by atoms with Crippen LogP contribution >= 0.6 is 22.9 Å². The van der Waals surface area contributed by atoms with Crippen molar-refractivity contribution in [3.05, 3.63) is 57.6 Å². The summed E-state index contributed by atoms with van der Waals surface area (Å²) in [5.41, 5.74) is 0.641. The minimum atomic E-state index is 0.0422. The number of amides is 1. The molecule has 0 radical (unpaired) electrons. The predicted octanol–water partition coefficient (Wildman–Crippen LogP) is 2.88. The van der Waals surface area contributed by atoms with Crippen molar-refractivity contribution in [3.63, 3.8) is 0 Å². The summed E-state index contributed by atoms with van der Waals surface area (Å²) in [7, 11) is 1.86. The lowest BCUT2D eigenvalue weighted by Crippen LogP contribution is -2.48. The molecule has 1 saturated heterocycles. The Hall–Kier alpha value is -2.09. The second-order valence-electron chi connectivity index (χ2n) is 6.37. The molecule has 3 aromatic rings. The smallest absolute Gasteiger partial charge is 0.259 e. The van der Waals surface area contributed by atoms with Crippen LogP contribution in [0.15, 0.2) is 42.9 Å². The van der Waals surface area contributed by atoms with Crippen molar-refractivity contribution >= 4 is 28.8 Å². The van der Waals surface area contributed by atoms with Gasteiger partial charge >= 0.3 is 0 Å². The van der Waals surface area contributed by atoms with Crippen LogP contribution in [-0.4, -0.2) is 56.2 Å². The van der Waals surface area contributed by atoms with Gasteiger partial charge in [-0.1, -0.05) is 11.6 Å². The molecule has 3 aromatic heterocycles. The van der Waals surface area contributed by atoms with Crippen molar-refractivity contribution in [1.29, 1.82) is 0 Å². The van der Waals surface area contributed by atoms with Crippen LogP contribution < -0.4 is 0 Å². The van der Waals surface area contributed by atoms with E-state index in [4.69, 9.17) is 11.6 Å². The zero-order valence-electron chi connectivity index (χ0n) is 14.5. The maximum atomic E-state index is 13.0. The van der Waals surface area contributed by atoms with E-state index in [-0.39, 0.29) is 5.91 Å². The van der Waals surface area contributed by atoms with Crippen LogP contribution in [-0.2, 0) is 13.6 Å². The molecule has 0 atom stereocenters. The Morgan fingerprint density at radius 3 is 2.58 bits per heavy atom. The van der Waals surface area contributed by atoms with Gasteiger partial charge in [-0.15, -0.1) is 11.3 Å². The summed E-state index contributed by atoms with van der Waals surface area (Å²) >= 11 is 7.62. The molecule has 0 aromatic carbocycles. The standard InChI is InChI=1S/C18H20ClN5OS/c1-21-17(23-6-2-3-7-23)15(12-20-21)18(25)24-10-8-22(9-11-24)13-14-4-5-16(19)26-14/h2-7,12H,8-11,13H2,1H3. The number of hydrogen-bond donors (Lipinski definition) is 0. The summed E-state index contributed by atoms with van der Waals surface area (Å²) in [6, 6.07) is 7.89. The summed E-state index contributed by atoms with van der Waals surface area (Å²) in [6.07, 6.45) is 5.52. The van der Waals surface area contributed by atoms with Gasteiger partial charge in [-0.2, -0.15) is 5.10 Å². The second kappa shape index (κ2) is 7.26. The summed E-state index contributed by atoms with van der Waals surface area (Å²) in [4.78, 5) is 18.6. The molecule has 0 N–H and O–H groups in total. The molecule has 1 fully saturated rings. The summed E-state index contributed by atoms with van der Waals surface area (Å²) in [5.74, 6) is 0.844. The highest BCUT2D eigenvalue weighted by molar-refractivity contribution is 7.16. The Morgan fingerprint density at radius 1 is 1.19 bits per heavy atom. The van der Waals surface area contributed by atoms with Gasteiger partial charge in [-0.3, -0.25) is 14.4 Å². The predicted molar refractivity (Wildman–Crippen MR) is 103 cm³/mol. The van der Waals surface area contributed by atoms with Gasteiger partial charge in [0.2, 0.25) is 0 Å². The van der Waals surface area contributed by atoms with Crippen LogP contribution in [0.1, 0.15) is 15.2 Å².